The van der Waals surface area contributed by atoms with Crippen molar-refractivity contribution in [1.82, 2.24) is 5.32 Å². The first-order valence-corrected chi connectivity index (χ1v) is 8.07. The zero-order valence-corrected chi connectivity index (χ0v) is 13.1. The summed E-state index contributed by atoms with van der Waals surface area (Å²) in [6, 6.07) is 18.0. The van der Waals surface area contributed by atoms with E-state index < -0.39 is 0 Å². The van der Waals surface area contributed by atoms with Crippen molar-refractivity contribution in [3.05, 3.63) is 71.5 Å². The van der Waals surface area contributed by atoms with Crippen molar-refractivity contribution in [3.8, 4) is 0 Å². The Morgan fingerprint density at radius 1 is 1.13 bits per heavy atom. The fourth-order valence-electron chi connectivity index (χ4n) is 2.98. The normalized spacial score (nSPS) is 15.5. The molecule has 3 nitrogen and oxygen atoms in total. The van der Waals surface area contributed by atoms with Gasteiger partial charge >= 0.3 is 0 Å². The van der Waals surface area contributed by atoms with Crippen LogP contribution in [0.5, 0.6) is 0 Å². The Labute approximate surface area is 135 Å². The molecule has 1 aliphatic carbocycles. The van der Waals surface area contributed by atoms with Crippen molar-refractivity contribution in [2.45, 2.75) is 25.8 Å². The van der Waals surface area contributed by atoms with Gasteiger partial charge in [-0.05, 0) is 43.4 Å². The maximum atomic E-state index is 12.6. The van der Waals surface area contributed by atoms with Crippen LogP contribution >= 0.6 is 0 Å². The highest BCUT2D eigenvalue weighted by molar-refractivity contribution is 5.96. The molecule has 1 fully saturated rings. The Morgan fingerprint density at radius 2 is 1.87 bits per heavy atom. The van der Waals surface area contributed by atoms with Gasteiger partial charge in [0.2, 0.25) is 0 Å². The van der Waals surface area contributed by atoms with Gasteiger partial charge in [-0.1, -0.05) is 48.0 Å². The van der Waals surface area contributed by atoms with E-state index in [9.17, 15) is 4.79 Å². The quantitative estimate of drug-likeness (QED) is 0.764. The van der Waals surface area contributed by atoms with E-state index in [1.807, 2.05) is 30.3 Å². The van der Waals surface area contributed by atoms with Crippen molar-refractivity contribution in [1.29, 1.82) is 0 Å². The summed E-state index contributed by atoms with van der Waals surface area (Å²) in [6.45, 7) is 2.07. The minimum Gasteiger partial charge on any atom is -0.451 e. The number of aryl methyl sites for hydroxylation is 1. The molecule has 4 rings (SSSR count). The second-order valence-electron chi connectivity index (χ2n) is 6.35. The first-order valence-electron chi connectivity index (χ1n) is 8.07. The van der Waals surface area contributed by atoms with E-state index in [4.69, 9.17) is 4.42 Å². The molecular weight excluding hydrogens is 286 g/mol. The second kappa shape index (κ2) is 5.58. The highest BCUT2D eigenvalue weighted by atomic mass is 16.3. The third kappa shape index (κ3) is 2.87. The Morgan fingerprint density at radius 3 is 2.57 bits per heavy atom. The topological polar surface area (TPSA) is 42.2 Å². The summed E-state index contributed by atoms with van der Waals surface area (Å²) in [7, 11) is 0. The molecule has 3 heteroatoms. The smallest absolute Gasteiger partial charge is 0.287 e. The predicted molar refractivity (Wildman–Crippen MR) is 90.3 cm³/mol. The number of hydrogen-bond acceptors (Lipinski definition) is 2. The predicted octanol–water partition coefficient (Wildman–Crippen LogP) is 4.62. The summed E-state index contributed by atoms with van der Waals surface area (Å²) in [5.74, 6) is 0.772. The van der Waals surface area contributed by atoms with Gasteiger partial charge in [-0.25, -0.2) is 0 Å². The van der Waals surface area contributed by atoms with Crippen LogP contribution in [0.15, 0.2) is 59.0 Å². The van der Waals surface area contributed by atoms with Crippen molar-refractivity contribution in [2.24, 2.45) is 5.92 Å². The molecule has 3 aromatic rings. The van der Waals surface area contributed by atoms with Crippen LogP contribution in [0.4, 0.5) is 0 Å². The monoisotopic (exact) mass is 305 g/mol. The molecule has 1 aliphatic rings. The van der Waals surface area contributed by atoms with Crippen LogP contribution in [0, 0.1) is 12.8 Å². The molecule has 1 atom stereocenters. The van der Waals surface area contributed by atoms with Gasteiger partial charge in [0, 0.05) is 5.39 Å². The minimum absolute atomic E-state index is 0.0660. The van der Waals surface area contributed by atoms with E-state index >= 15 is 0 Å². The highest BCUT2D eigenvalue weighted by Crippen LogP contribution is 2.41. The van der Waals surface area contributed by atoms with Crippen LogP contribution in [0.1, 0.15) is 40.6 Å². The summed E-state index contributed by atoms with van der Waals surface area (Å²) < 4.78 is 5.67. The number of furan rings is 1. The number of benzene rings is 2. The molecule has 1 saturated carbocycles. The van der Waals surface area contributed by atoms with Gasteiger partial charge in [-0.2, -0.15) is 0 Å². The molecule has 1 N–H and O–H groups in total. The van der Waals surface area contributed by atoms with Crippen LogP contribution in [0.25, 0.3) is 11.0 Å². The number of carbonyl (C=O) groups excluding carboxylic acids is 1. The molecule has 0 radical (unpaired) electrons. The lowest BCUT2D eigenvalue weighted by Gasteiger charge is -2.18. The third-order valence-electron chi connectivity index (χ3n) is 4.47. The number of rotatable bonds is 4. The fraction of sp³-hybridized carbons (Fsp3) is 0.250. The molecule has 0 saturated heterocycles. The van der Waals surface area contributed by atoms with Gasteiger partial charge in [0.05, 0.1) is 6.04 Å². The first-order chi connectivity index (χ1) is 11.2. The van der Waals surface area contributed by atoms with E-state index in [0.717, 1.165) is 11.0 Å². The van der Waals surface area contributed by atoms with Crippen molar-refractivity contribution in [2.75, 3.05) is 0 Å². The Bertz CT molecular complexity index is 810. The van der Waals surface area contributed by atoms with Gasteiger partial charge < -0.3 is 9.73 Å². The Kier molecular flexibility index (Phi) is 3.41. The summed E-state index contributed by atoms with van der Waals surface area (Å²) in [5.41, 5.74) is 3.14. The molecule has 0 spiro atoms. The molecule has 0 aliphatic heterocycles. The van der Waals surface area contributed by atoms with Crippen LogP contribution in [0.2, 0.25) is 0 Å². The number of amides is 1. The SMILES string of the molecule is Cc1ccc(C(NC(=O)c2cc3ccccc3o2)C2CC2)cc1. The molecular formula is C20H19NO2. The molecule has 2 aromatic carbocycles. The Balaban J connectivity index is 1.58. The lowest BCUT2D eigenvalue weighted by molar-refractivity contribution is 0.0905. The largest absolute Gasteiger partial charge is 0.451 e. The van der Waals surface area contributed by atoms with E-state index in [2.05, 4.69) is 36.5 Å². The van der Waals surface area contributed by atoms with Gasteiger partial charge in [-0.3, -0.25) is 4.79 Å². The van der Waals surface area contributed by atoms with Crippen molar-refractivity contribution < 1.29 is 9.21 Å². The maximum absolute atomic E-state index is 12.6. The molecule has 1 unspecified atom stereocenters. The second-order valence-corrected chi connectivity index (χ2v) is 6.35. The molecule has 116 valence electrons. The van der Waals surface area contributed by atoms with Gasteiger partial charge in [0.15, 0.2) is 5.76 Å². The minimum atomic E-state index is -0.140. The standard InChI is InChI=1S/C20H19NO2/c1-13-6-8-14(9-7-13)19(15-10-11-15)21-20(22)18-12-16-4-2-3-5-17(16)23-18/h2-9,12,15,19H,10-11H2,1H3,(H,21,22). The zero-order valence-electron chi connectivity index (χ0n) is 13.1. The lowest BCUT2D eigenvalue weighted by Crippen LogP contribution is -2.29. The van der Waals surface area contributed by atoms with Gasteiger partial charge in [0.1, 0.15) is 5.58 Å². The van der Waals surface area contributed by atoms with Gasteiger partial charge in [-0.15, -0.1) is 0 Å². The average molecular weight is 305 g/mol. The van der Waals surface area contributed by atoms with Crippen molar-refractivity contribution in [3.63, 3.8) is 0 Å². The number of nitrogens with one attached hydrogen (secondary N) is 1. The van der Waals surface area contributed by atoms with Crippen LogP contribution in [-0.4, -0.2) is 5.91 Å². The van der Waals surface area contributed by atoms with E-state index in [0.29, 0.717) is 11.7 Å². The van der Waals surface area contributed by atoms with Gasteiger partial charge in [0.25, 0.3) is 5.91 Å². The molecule has 0 bridgehead atoms. The highest BCUT2D eigenvalue weighted by Gasteiger charge is 2.34. The van der Waals surface area contributed by atoms with Crippen LogP contribution < -0.4 is 5.32 Å². The van der Waals surface area contributed by atoms with Crippen LogP contribution in [-0.2, 0) is 0 Å². The lowest BCUT2D eigenvalue weighted by atomic mass is 10.0. The van der Waals surface area contributed by atoms with Crippen molar-refractivity contribution >= 4 is 16.9 Å². The maximum Gasteiger partial charge on any atom is 0.287 e. The summed E-state index contributed by atoms with van der Waals surface area (Å²) >= 11 is 0. The van der Waals surface area contributed by atoms with E-state index in [1.54, 1.807) is 0 Å². The first kappa shape index (κ1) is 14.1. The number of fused-ring (bicyclic) bond motifs is 1. The fourth-order valence-corrected chi connectivity index (χ4v) is 2.98. The summed E-state index contributed by atoms with van der Waals surface area (Å²) in [4.78, 5) is 12.6. The number of hydrogen-bond donors (Lipinski definition) is 1. The van der Waals surface area contributed by atoms with Crippen LogP contribution in [0.3, 0.4) is 0 Å². The summed E-state index contributed by atoms with van der Waals surface area (Å²) in [5, 5.41) is 4.11. The summed E-state index contributed by atoms with van der Waals surface area (Å²) in [6.07, 6.45) is 2.33. The Hall–Kier alpha value is -2.55. The molecule has 1 aromatic heterocycles. The molecule has 1 amide bonds. The average Bonchev–Trinajstić information content (AvgIpc) is 3.31. The van der Waals surface area contributed by atoms with E-state index in [1.165, 1.54) is 24.0 Å². The zero-order chi connectivity index (χ0) is 15.8. The number of carbonyl (C=O) groups is 1. The number of para-hydroxylation sites is 1. The molecule has 23 heavy (non-hydrogen) atoms. The third-order valence-corrected chi connectivity index (χ3v) is 4.47. The molecule has 1 heterocycles. The van der Waals surface area contributed by atoms with E-state index in [-0.39, 0.29) is 11.9 Å².